The number of carbonyl (C=O) groups excluding carboxylic acids is 1. The summed E-state index contributed by atoms with van der Waals surface area (Å²) in [6.07, 6.45) is 1.07. The molecule has 0 saturated carbocycles. The SMILES string of the molecule is CCNC(C)CC(=O)Cc1ccc(Cl)cc1. The highest BCUT2D eigenvalue weighted by atomic mass is 35.5. The molecule has 1 rings (SSSR count). The van der Waals surface area contributed by atoms with Crippen LogP contribution in [0.4, 0.5) is 0 Å². The lowest BCUT2D eigenvalue weighted by Crippen LogP contribution is -2.28. The van der Waals surface area contributed by atoms with Gasteiger partial charge in [0.2, 0.25) is 0 Å². The molecule has 1 unspecified atom stereocenters. The molecule has 0 saturated heterocycles. The Bertz CT molecular complexity index is 334. The Balaban J connectivity index is 2.42. The summed E-state index contributed by atoms with van der Waals surface area (Å²) in [4.78, 5) is 11.7. The minimum atomic E-state index is 0.254. The van der Waals surface area contributed by atoms with Crippen LogP contribution in [-0.4, -0.2) is 18.4 Å². The molecule has 0 radical (unpaired) electrons. The van der Waals surface area contributed by atoms with Gasteiger partial charge in [-0.1, -0.05) is 30.7 Å². The smallest absolute Gasteiger partial charge is 0.138 e. The van der Waals surface area contributed by atoms with Gasteiger partial charge in [-0.3, -0.25) is 4.79 Å². The van der Waals surface area contributed by atoms with Gasteiger partial charge in [-0.05, 0) is 31.2 Å². The van der Waals surface area contributed by atoms with Crippen molar-refractivity contribution in [2.75, 3.05) is 6.54 Å². The van der Waals surface area contributed by atoms with Crippen LogP contribution in [0.5, 0.6) is 0 Å². The fourth-order valence-electron chi connectivity index (χ4n) is 1.66. The summed E-state index contributed by atoms with van der Waals surface area (Å²) in [6.45, 7) is 4.97. The van der Waals surface area contributed by atoms with Crippen LogP contribution in [0.3, 0.4) is 0 Å². The molecule has 88 valence electrons. The van der Waals surface area contributed by atoms with E-state index in [0.717, 1.165) is 12.1 Å². The van der Waals surface area contributed by atoms with Crippen molar-refractivity contribution in [3.05, 3.63) is 34.9 Å². The van der Waals surface area contributed by atoms with Gasteiger partial charge < -0.3 is 5.32 Å². The molecule has 1 N–H and O–H groups in total. The largest absolute Gasteiger partial charge is 0.314 e. The van der Waals surface area contributed by atoms with E-state index in [1.54, 1.807) is 0 Å². The molecule has 0 spiro atoms. The predicted molar refractivity (Wildman–Crippen MR) is 67.9 cm³/mol. The molecule has 0 amide bonds. The van der Waals surface area contributed by atoms with Crippen LogP contribution in [0.15, 0.2) is 24.3 Å². The second-order valence-corrected chi connectivity index (χ2v) is 4.44. The molecule has 0 bridgehead atoms. The topological polar surface area (TPSA) is 29.1 Å². The first kappa shape index (κ1) is 13.2. The first-order chi connectivity index (χ1) is 7.61. The molecule has 2 nitrogen and oxygen atoms in total. The van der Waals surface area contributed by atoms with Gasteiger partial charge in [0.05, 0.1) is 0 Å². The van der Waals surface area contributed by atoms with Gasteiger partial charge >= 0.3 is 0 Å². The number of hydrogen-bond acceptors (Lipinski definition) is 2. The Morgan fingerprint density at radius 3 is 2.56 bits per heavy atom. The monoisotopic (exact) mass is 239 g/mol. The van der Waals surface area contributed by atoms with Crippen LogP contribution in [0, 0.1) is 0 Å². The van der Waals surface area contributed by atoms with Crippen molar-refractivity contribution < 1.29 is 4.79 Å². The zero-order valence-electron chi connectivity index (χ0n) is 9.79. The summed E-state index contributed by atoms with van der Waals surface area (Å²) in [6, 6.07) is 7.69. The third kappa shape index (κ3) is 4.77. The van der Waals surface area contributed by atoms with Gasteiger partial charge in [-0.2, -0.15) is 0 Å². The molecule has 1 aromatic carbocycles. The molecule has 3 heteroatoms. The third-order valence-corrected chi connectivity index (χ3v) is 2.65. The summed E-state index contributed by atoms with van der Waals surface area (Å²) >= 11 is 5.78. The molecule has 0 aliphatic heterocycles. The number of nitrogens with one attached hydrogen (secondary N) is 1. The maximum absolute atomic E-state index is 11.7. The van der Waals surface area contributed by atoms with Crippen LogP contribution in [-0.2, 0) is 11.2 Å². The summed E-state index contributed by atoms with van der Waals surface area (Å²) < 4.78 is 0. The molecule has 0 fully saturated rings. The van der Waals surface area contributed by atoms with E-state index in [0.29, 0.717) is 17.9 Å². The molecule has 16 heavy (non-hydrogen) atoms. The number of ketones is 1. The Hall–Kier alpha value is -0.860. The molecule has 1 aromatic rings. The molecule has 1 atom stereocenters. The molecular formula is C13H18ClNO. The summed E-state index contributed by atoms with van der Waals surface area (Å²) in [5.41, 5.74) is 1.03. The highest BCUT2D eigenvalue weighted by molar-refractivity contribution is 6.30. The van der Waals surface area contributed by atoms with Crippen molar-refractivity contribution in [3.63, 3.8) is 0 Å². The van der Waals surface area contributed by atoms with E-state index >= 15 is 0 Å². The second kappa shape index (κ2) is 6.66. The fourth-order valence-corrected chi connectivity index (χ4v) is 1.79. The van der Waals surface area contributed by atoms with Crippen molar-refractivity contribution >= 4 is 17.4 Å². The molecular weight excluding hydrogens is 222 g/mol. The lowest BCUT2D eigenvalue weighted by molar-refractivity contribution is -0.118. The van der Waals surface area contributed by atoms with Crippen LogP contribution < -0.4 is 5.32 Å². The lowest BCUT2D eigenvalue weighted by atomic mass is 10.0. The van der Waals surface area contributed by atoms with E-state index in [2.05, 4.69) is 5.32 Å². The zero-order valence-corrected chi connectivity index (χ0v) is 10.6. The Morgan fingerprint density at radius 2 is 2.00 bits per heavy atom. The van der Waals surface area contributed by atoms with Crippen molar-refractivity contribution in [2.24, 2.45) is 0 Å². The van der Waals surface area contributed by atoms with Gasteiger partial charge in [0.25, 0.3) is 0 Å². The average Bonchev–Trinajstić information content (AvgIpc) is 2.21. The summed E-state index contributed by atoms with van der Waals surface area (Å²) in [7, 11) is 0. The predicted octanol–water partition coefficient (Wildman–Crippen LogP) is 2.84. The van der Waals surface area contributed by atoms with E-state index < -0.39 is 0 Å². The first-order valence-corrected chi connectivity index (χ1v) is 5.99. The maximum Gasteiger partial charge on any atom is 0.138 e. The fraction of sp³-hybridized carbons (Fsp3) is 0.462. The van der Waals surface area contributed by atoms with Crippen molar-refractivity contribution in [3.8, 4) is 0 Å². The van der Waals surface area contributed by atoms with Crippen LogP contribution in [0.2, 0.25) is 5.02 Å². The number of hydrogen-bond donors (Lipinski definition) is 1. The van der Waals surface area contributed by atoms with E-state index in [9.17, 15) is 4.79 Å². The van der Waals surface area contributed by atoms with E-state index in [4.69, 9.17) is 11.6 Å². The quantitative estimate of drug-likeness (QED) is 0.827. The standard InChI is InChI=1S/C13H18ClNO/c1-3-15-10(2)8-13(16)9-11-4-6-12(14)7-5-11/h4-7,10,15H,3,8-9H2,1-2H3. The number of benzene rings is 1. The minimum Gasteiger partial charge on any atom is -0.314 e. The van der Waals surface area contributed by atoms with Gasteiger partial charge in [-0.25, -0.2) is 0 Å². The highest BCUT2D eigenvalue weighted by Crippen LogP contribution is 2.11. The van der Waals surface area contributed by atoms with Crippen LogP contribution >= 0.6 is 11.6 Å². The zero-order chi connectivity index (χ0) is 12.0. The average molecular weight is 240 g/mol. The highest BCUT2D eigenvalue weighted by Gasteiger charge is 2.08. The number of rotatable bonds is 6. The molecule has 0 aliphatic rings. The van der Waals surface area contributed by atoms with Gasteiger partial charge in [0.1, 0.15) is 5.78 Å². The van der Waals surface area contributed by atoms with E-state index in [1.165, 1.54) is 0 Å². The number of carbonyl (C=O) groups is 1. The normalized spacial score (nSPS) is 12.4. The Kier molecular flexibility index (Phi) is 5.50. The van der Waals surface area contributed by atoms with Crippen LogP contribution in [0.25, 0.3) is 0 Å². The first-order valence-electron chi connectivity index (χ1n) is 5.61. The Morgan fingerprint density at radius 1 is 1.38 bits per heavy atom. The molecule has 0 aromatic heterocycles. The molecule has 0 aliphatic carbocycles. The van der Waals surface area contributed by atoms with Gasteiger partial charge in [0, 0.05) is 23.9 Å². The van der Waals surface area contributed by atoms with Crippen LogP contribution in [0.1, 0.15) is 25.8 Å². The lowest BCUT2D eigenvalue weighted by Gasteiger charge is -2.10. The molecule has 0 heterocycles. The van der Waals surface area contributed by atoms with Crippen molar-refractivity contribution in [1.82, 2.24) is 5.32 Å². The third-order valence-electron chi connectivity index (χ3n) is 2.40. The number of Topliss-reactive ketones (excluding diaryl/α,β-unsaturated/α-hetero) is 1. The Labute approximate surface area is 102 Å². The van der Waals surface area contributed by atoms with Gasteiger partial charge in [-0.15, -0.1) is 0 Å². The number of halogens is 1. The van der Waals surface area contributed by atoms with E-state index in [1.807, 2.05) is 38.1 Å². The van der Waals surface area contributed by atoms with E-state index in [-0.39, 0.29) is 11.8 Å². The summed E-state index contributed by atoms with van der Waals surface area (Å²) in [5.74, 6) is 0.260. The second-order valence-electron chi connectivity index (χ2n) is 4.00. The minimum absolute atomic E-state index is 0.254. The van der Waals surface area contributed by atoms with Crippen molar-refractivity contribution in [1.29, 1.82) is 0 Å². The maximum atomic E-state index is 11.7. The van der Waals surface area contributed by atoms with Crippen molar-refractivity contribution in [2.45, 2.75) is 32.7 Å². The van der Waals surface area contributed by atoms with Gasteiger partial charge in [0.15, 0.2) is 0 Å². The summed E-state index contributed by atoms with van der Waals surface area (Å²) in [5, 5.41) is 3.94.